The summed E-state index contributed by atoms with van der Waals surface area (Å²) in [6, 6.07) is 6.06. The quantitative estimate of drug-likeness (QED) is 0.417. The first-order valence-electron chi connectivity index (χ1n) is 9.15. The molecule has 9 heteroatoms. The van der Waals surface area contributed by atoms with Gasteiger partial charge in [-0.25, -0.2) is 14.4 Å². The fraction of sp³-hybridized carbons (Fsp3) is 0.550. The topological polar surface area (TPSA) is 126 Å². The van der Waals surface area contributed by atoms with Crippen molar-refractivity contribution in [3.05, 3.63) is 29.8 Å². The Labute approximate surface area is 170 Å². The summed E-state index contributed by atoms with van der Waals surface area (Å²) < 4.78 is 20.2. The Morgan fingerprint density at radius 1 is 0.966 bits per heavy atom. The van der Waals surface area contributed by atoms with Gasteiger partial charge in [-0.05, 0) is 65.7 Å². The molecule has 3 N–H and O–H groups in total. The lowest BCUT2D eigenvalue weighted by Gasteiger charge is -2.23. The highest BCUT2D eigenvalue weighted by Crippen LogP contribution is 2.16. The van der Waals surface area contributed by atoms with Crippen LogP contribution in [0, 0.1) is 0 Å². The maximum atomic E-state index is 12.0. The fourth-order valence-electron chi connectivity index (χ4n) is 2.15. The van der Waals surface area contributed by atoms with Crippen molar-refractivity contribution in [2.45, 2.75) is 65.2 Å². The molecule has 0 aliphatic carbocycles. The number of amides is 2. The Morgan fingerprint density at radius 2 is 1.52 bits per heavy atom. The molecule has 162 valence electrons. The number of alkyl carbamates (subject to hydrolysis) is 1. The van der Waals surface area contributed by atoms with Crippen molar-refractivity contribution in [3.63, 3.8) is 0 Å². The second-order valence-corrected chi connectivity index (χ2v) is 8.39. The summed E-state index contributed by atoms with van der Waals surface area (Å²) in [4.78, 5) is 34.6. The number of ether oxygens (including phenoxy) is 4. The molecule has 0 aromatic heterocycles. The Balaban J connectivity index is 2.73. The molecule has 29 heavy (non-hydrogen) atoms. The van der Waals surface area contributed by atoms with Crippen LogP contribution in [0.5, 0.6) is 5.75 Å². The zero-order valence-electron chi connectivity index (χ0n) is 17.7. The van der Waals surface area contributed by atoms with Crippen molar-refractivity contribution in [1.29, 1.82) is 0 Å². The second kappa shape index (κ2) is 9.99. The first-order valence-corrected chi connectivity index (χ1v) is 9.15. The maximum absolute atomic E-state index is 12.0. The molecule has 0 spiro atoms. The minimum absolute atomic E-state index is 0.120. The lowest BCUT2D eigenvalue weighted by molar-refractivity contribution is 0.0205. The van der Waals surface area contributed by atoms with Crippen molar-refractivity contribution in [1.82, 2.24) is 5.32 Å². The molecule has 1 rings (SSSR count). The van der Waals surface area contributed by atoms with Gasteiger partial charge in [0.15, 0.2) is 0 Å². The minimum atomic E-state index is -0.943. The summed E-state index contributed by atoms with van der Waals surface area (Å²) in [6.07, 6.45) is -2.05. The number of hydrogen-bond donors (Lipinski definition) is 2. The van der Waals surface area contributed by atoms with Gasteiger partial charge in [0.2, 0.25) is 0 Å². The van der Waals surface area contributed by atoms with Crippen LogP contribution in [0.4, 0.5) is 14.4 Å². The molecule has 2 amide bonds. The Morgan fingerprint density at radius 3 is 2.00 bits per heavy atom. The van der Waals surface area contributed by atoms with Crippen LogP contribution < -0.4 is 15.8 Å². The predicted octanol–water partition coefficient (Wildman–Crippen LogP) is 3.53. The van der Waals surface area contributed by atoms with Gasteiger partial charge >= 0.3 is 18.3 Å². The first kappa shape index (κ1) is 24.1. The summed E-state index contributed by atoms with van der Waals surface area (Å²) in [6.45, 7) is 10.3. The molecule has 1 aromatic rings. The molecule has 0 radical (unpaired) electrons. The molecule has 1 atom stereocenters. The fourth-order valence-corrected chi connectivity index (χ4v) is 2.15. The number of nitrogens with two attached hydrogens (primary N) is 1. The lowest BCUT2D eigenvalue weighted by atomic mass is 10.1. The number of hydrogen-bond acceptors (Lipinski definition) is 7. The van der Waals surface area contributed by atoms with E-state index >= 15 is 0 Å². The van der Waals surface area contributed by atoms with Gasteiger partial charge < -0.3 is 30.0 Å². The minimum Gasteiger partial charge on any atom is -0.448 e. The molecule has 0 unspecified atom stereocenters. The van der Waals surface area contributed by atoms with E-state index in [1.165, 1.54) is 0 Å². The van der Waals surface area contributed by atoms with E-state index in [4.69, 9.17) is 24.7 Å². The van der Waals surface area contributed by atoms with Crippen LogP contribution in [0.1, 0.15) is 47.1 Å². The second-order valence-electron chi connectivity index (χ2n) is 8.39. The number of primary amides is 1. The molecule has 0 aliphatic rings. The highest BCUT2D eigenvalue weighted by Gasteiger charge is 2.21. The van der Waals surface area contributed by atoms with E-state index in [0.717, 1.165) is 5.56 Å². The van der Waals surface area contributed by atoms with Gasteiger partial charge in [0.05, 0.1) is 6.04 Å². The third kappa shape index (κ3) is 11.5. The number of carbonyl (C=O) groups excluding carboxylic acids is 3. The average molecular weight is 410 g/mol. The van der Waals surface area contributed by atoms with Crippen molar-refractivity contribution >= 4 is 18.3 Å². The van der Waals surface area contributed by atoms with Gasteiger partial charge in [-0.1, -0.05) is 12.1 Å². The Kier molecular flexibility index (Phi) is 8.29. The highest BCUT2D eigenvalue weighted by molar-refractivity contribution is 5.68. The molecule has 0 bridgehead atoms. The van der Waals surface area contributed by atoms with E-state index in [1.807, 2.05) is 0 Å². The monoisotopic (exact) mass is 410 g/mol. The normalized spacial score (nSPS) is 12.5. The molecule has 9 nitrogen and oxygen atoms in total. The summed E-state index contributed by atoms with van der Waals surface area (Å²) >= 11 is 0. The third-order valence-corrected chi connectivity index (χ3v) is 3.14. The van der Waals surface area contributed by atoms with E-state index in [9.17, 15) is 14.4 Å². The molecule has 1 aromatic carbocycles. The van der Waals surface area contributed by atoms with Crippen LogP contribution in [0.15, 0.2) is 24.3 Å². The SMILES string of the molecule is CC(C)(C)OC(=O)N[C@@H](COC(N)=O)Cc1ccc(OC(=O)OC(C)(C)C)cc1. The molecule has 0 heterocycles. The van der Waals surface area contributed by atoms with Gasteiger partial charge in [-0.3, -0.25) is 0 Å². The number of carbonyl (C=O) groups is 3. The van der Waals surface area contributed by atoms with Gasteiger partial charge in [0.1, 0.15) is 23.6 Å². The Hall–Kier alpha value is -2.97. The van der Waals surface area contributed by atoms with E-state index in [2.05, 4.69) is 5.32 Å². The van der Waals surface area contributed by atoms with E-state index in [0.29, 0.717) is 12.2 Å². The largest absolute Gasteiger partial charge is 0.514 e. The first-order chi connectivity index (χ1) is 13.2. The average Bonchev–Trinajstić information content (AvgIpc) is 2.50. The van der Waals surface area contributed by atoms with Crippen molar-refractivity contribution in [2.24, 2.45) is 5.73 Å². The number of benzene rings is 1. The molecule has 0 fully saturated rings. The van der Waals surface area contributed by atoms with Crippen LogP contribution in [0.25, 0.3) is 0 Å². The highest BCUT2D eigenvalue weighted by atomic mass is 16.7. The van der Waals surface area contributed by atoms with Gasteiger partial charge in [-0.15, -0.1) is 0 Å². The van der Waals surface area contributed by atoms with Crippen molar-refractivity contribution < 1.29 is 33.3 Å². The molecule has 0 saturated carbocycles. The van der Waals surface area contributed by atoms with Crippen LogP contribution in [-0.2, 0) is 20.6 Å². The zero-order valence-corrected chi connectivity index (χ0v) is 17.7. The number of nitrogens with one attached hydrogen (secondary N) is 1. The predicted molar refractivity (Wildman–Crippen MR) is 106 cm³/mol. The van der Waals surface area contributed by atoms with Crippen LogP contribution >= 0.6 is 0 Å². The molecular formula is C20H30N2O7. The van der Waals surface area contributed by atoms with Gasteiger partial charge in [0.25, 0.3) is 0 Å². The standard InChI is InChI=1S/C20H30N2O7/c1-19(2,3)28-17(24)22-14(12-26-16(21)23)11-13-7-9-15(10-8-13)27-18(25)29-20(4,5)6/h7-10,14H,11-12H2,1-6H3,(H2,21,23)(H,22,24)/t14-/m1/s1. The van der Waals surface area contributed by atoms with E-state index in [-0.39, 0.29) is 6.61 Å². The summed E-state index contributed by atoms with van der Waals surface area (Å²) in [5.41, 5.74) is 4.49. The van der Waals surface area contributed by atoms with E-state index in [1.54, 1.807) is 65.8 Å². The van der Waals surface area contributed by atoms with Crippen LogP contribution in [0.3, 0.4) is 0 Å². The molecule has 0 saturated heterocycles. The zero-order chi connectivity index (χ0) is 22.2. The van der Waals surface area contributed by atoms with Crippen molar-refractivity contribution in [3.8, 4) is 5.75 Å². The summed E-state index contributed by atoms with van der Waals surface area (Å²) in [7, 11) is 0. The third-order valence-electron chi connectivity index (χ3n) is 3.14. The maximum Gasteiger partial charge on any atom is 0.514 e. The Bertz CT molecular complexity index is 703. The van der Waals surface area contributed by atoms with Crippen LogP contribution in [-0.4, -0.2) is 42.2 Å². The molecule has 0 aliphatic heterocycles. The number of rotatable bonds is 6. The van der Waals surface area contributed by atoms with E-state index < -0.39 is 35.6 Å². The molecular weight excluding hydrogens is 380 g/mol. The van der Waals surface area contributed by atoms with Gasteiger partial charge in [-0.2, -0.15) is 0 Å². The van der Waals surface area contributed by atoms with Crippen LogP contribution in [0.2, 0.25) is 0 Å². The lowest BCUT2D eigenvalue weighted by Crippen LogP contribution is -2.43. The van der Waals surface area contributed by atoms with Gasteiger partial charge in [0, 0.05) is 0 Å². The summed E-state index contributed by atoms with van der Waals surface area (Å²) in [5.74, 6) is 0.313. The van der Waals surface area contributed by atoms with Crippen molar-refractivity contribution in [2.75, 3.05) is 6.61 Å². The smallest absolute Gasteiger partial charge is 0.448 e. The summed E-state index contributed by atoms with van der Waals surface area (Å²) in [5, 5.41) is 2.65.